The van der Waals surface area contributed by atoms with Crippen LogP contribution < -0.4 is 19.5 Å². The molecule has 0 saturated heterocycles. The molecule has 3 rings (SSSR count). The van der Waals surface area contributed by atoms with E-state index in [2.05, 4.69) is 15.4 Å². The number of fused-ring (bicyclic) bond motifs is 1. The average molecular weight is 404 g/mol. The molecule has 156 valence electrons. The normalized spacial score (nSPS) is 15.4. The molecular weight excluding hydrogens is 380 g/mol. The van der Waals surface area contributed by atoms with Gasteiger partial charge in [-0.05, 0) is 24.6 Å². The predicted octanol–water partition coefficient (Wildman–Crippen LogP) is 1.78. The Morgan fingerprint density at radius 3 is 2.38 bits per heavy atom. The van der Waals surface area contributed by atoms with Crippen molar-refractivity contribution in [3.05, 3.63) is 35.3 Å². The third-order valence-electron chi connectivity index (χ3n) is 4.54. The summed E-state index contributed by atoms with van der Waals surface area (Å²) < 4.78 is 28.3. The van der Waals surface area contributed by atoms with Gasteiger partial charge in [-0.2, -0.15) is 10.1 Å². The van der Waals surface area contributed by atoms with E-state index < -0.39 is 12.0 Å². The smallest absolute Gasteiger partial charge is 0.338 e. The van der Waals surface area contributed by atoms with Crippen molar-refractivity contribution in [3.63, 3.8) is 0 Å². The molecule has 1 aliphatic rings. The Labute approximate surface area is 168 Å². The Morgan fingerprint density at radius 2 is 1.79 bits per heavy atom. The number of ether oxygens (including phenoxy) is 5. The summed E-state index contributed by atoms with van der Waals surface area (Å²) >= 11 is 0. The van der Waals surface area contributed by atoms with E-state index in [0.29, 0.717) is 46.6 Å². The van der Waals surface area contributed by atoms with Crippen LogP contribution in [0.4, 0.5) is 5.95 Å². The molecule has 0 saturated carbocycles. The van der Waals surface area contributed by atoms with Crippen molar-refractivity contribution in [3.8, 4) is 17.2 Å². The molecule has 2 aromatic rings. The van der Waals surface area contributed by atoms with Crippen LogP contribution in [-0.2, 0) is 14.3 Å². The van der Waals surface area contributed by atoms with E-state index in [-0.39, 0.29) is 6.61 Å². The first kappa shape index (κ1) is 20.5. The molecule has 0 radical (unpaired) electrons. The van der Waals surface area contributed by atoms with Crippen LogP contribution in [0.2, 0.25) is 0 Å². The topological polar surface area (TPSA) is 106 Å². The first-order valence-electron chi connectivity index (χ1n) is 8.88. The summed E-state index contributed by atoms with van der Waals surface area (Å²) in [5.41, 5.74) is 1.71. The fourth-order valence-electron chi connectivity index (χ4n) is 3.22. The average Bonchev–Trinajstić information content (AvgIpc) is 3.19. The Hall–Kier alpha value is -3.27. The summed E-state index contributed by atoms with van der Waals surface area (Å²) in [6.07, 6.45) is 1.42. The summed E-state index contributed by atoms with van der Waals surface area (Å²) in [7, 11) is 6.14. The van der Waals surface area contributed by atoms with Gasteiger partial charge in [-0.25, -0.2) is 9.48 Å². The third kappa shape index (κ3) is 3.83. The number of benzene rings is 1. The maximum Gasteiger partial charge on any atom is 0.338 e. The van der Waals surface area contributed by atoms with E-state index in [1.807, 2.05) is 0 Å². The second-order valence-corrected chi connectivity index (χ2v) is 6.18. The van der Waals surface area contributed by atoms with E-state index >= 15 is 0 Å². The van der Waals surface area contributed by atoms with Crippen LogP contribution in [0.5, 0.6) is 17.2 Å². The maximum absolute atomic E-state index is 12.9. The van der Waals surface area contributed by atoms with Gasteiger partial charge in [0, 0.05) is 12.8 Å². The number of hydrogen-bond donors (Lipinski definition) is 1. The minimum absolute atomic E-state index is 0.137. The zero-order valence-corrected chi connectivity index (χ0v) is 17.0. The van der Waals surface area contributed by atoms with Gasteiger partial charge < -0.3 is 29.0 Å². The maximum atomic E-state index is 12.9. The molecule has 1 atom stereocenters. The molecule has 0 bridgehead atoms. The molecule has 1 N–H and O–H groups in total. The van der Waals surface area contributed by atoms with Crippen molar-refractivity contribution >= 4 is 11.9 Å². The second kappa shape index (κ2) is 8.82. The number of rotatable bonds is 8. The Morgan fingerprint density at radius 1 is 1.10 bits per heavy atom. The van der Waals surface area contributed by atoms with Crippen LogP contribution >= 0.6 is 0 Å². The van der Waals surface area contributed by atoms with E-state index in [0.717, 1.165) is 0 Å². The van der Waals surface area contributed by atoms with Crippen molar-refractivity contribution in [1.82, 2.24) is 14.8 Å². The van der Waals surface area contributed by atoms with Gasteiger partial charge >= 0.3 is 5.97 Å². The van der Waals surface area contributed by atoms with Crippen molar-refractivity contribution < 1.29 is 28.5 Å². The molecule has 29 heavy (non-hydrogen) atoms. The highest BCUT2D eigenvalue weighted by molar-refractivity contribution is 5.92. The fraction of sp³-hybridized carbons (Fsp3) is 0.421. The number of carbonyl (C=O) groups is 1. The van der Waals surface area contributed by atoms with Crippen LogP contribution in [-0.4, -0.2) is 62.4 Å². The number of anilines is 1. The number of hydrogen-bond acceptors (Lipinski definition) is 9. The summed E-state index contributed by atoms with van der Waals surface area (Å²) in [6.45, 7) is 2.23. The lowest BCUT2D eigenvalue weighted by Gasteiger charge is -2.29. The lowest BCUT2D eigenvalue weighted by molar-refractivity contribution is -0.140. The second-order valence-electron chi connectivity index (χ2n) is 6.18. The Kier molecular flexibility index (Phi) is 6.23. The first-order valence-corrected chi connectivity index (χ1v) is 8.88. The molecule has 0 amide bonds. The number of allylic oxidation sites excluding steroid dienone is 1. The van der Waals surface area contributed by atoms with E-state index in [1.54, 1.807) is 30.8 Å². The molecule has 1 aliphatic heterocycles. The number of methoxy groups -OCH3 is 4. The van der Waals surface area contributed by atoms with Crippen molar-refractivity contribution in [1.29, 1.82) is 0 Å². The Balaban J connectivity index is 2.12. The van der Waals surface area contributed by atoms with Crippen molar-refractivity contribution in [2.75, 3.05) is 47.0 Å². The molecule has 1 aromatic carbocycles. The van der Waals surface area contributed by atoms with Gasteiger partial charge in [0.15, 0.2) is 11.5 Å². The lowest BCUT2D eigenvalue weighted by Crippen LogP contribution is -2.30. The van der Waals surface area contributed by atoms with Crippen LogP contribution in [0, 0.1) is 0 Å². The highest BCUT2D eigenvalue weighted by Crippen LogP contribution is 2.43. The first-order chi connectivity index (χ1) is 14.0. The van der Waals surface area contributed by atoms with Crippen molar-refractivity contribution in [2.24, 2.45) is 0 Å². The monoisotopic (exact) mass is 404 g/mol. The summed E-state index contributed by atoms with van der Waals surface area (Å²) in [5, 5.41) is 7.39. The zero-order valence-electron chi connectivity index (χ0n) is 17.0. The molecule has 2 heterocycles. The summed E-state index contributed by atoms with van der Waals surface area (Å²) in [5.74, 6) is 1.41. The van der Waals surface area contributed by atoms with Gasteiger partial charge in [-0.3, -0.25) is 0 Å². The Bertz CT molecular complexity index is 898. The van der Waals surface area contributed by atoms with Gasteiger partial charge in [-0.1, -0.05) is 0 Å². The van der Waals surface area contributed by atoms with Crippen LogP contribution in [0.15, 0.2) is 29.7 Å². The highest BCUT2D eigenvalue weighted by Gasteiger charge is 2.35. The van der Waals surface area contributed by atoms with E-state index in [9.17, 15) is 4.79 Å². The molecule has 0 aliphatic carbocycles. The quantitative estimate of drug-likeness (QED) is 0.520. The SMILES string of the molecule is COCCOC(=O)C1=C(C)Nc2ncnn2C1c1cc(OC)c(OC)c(OC)c1. The minimum Gasteiger partial charge on any atom is -0.493 e. The number of nitrogens with one attached hydrogen (secondary N) is 1. The van der Waals surface area contributed by atoms with E-state index in [4.69, 9.17) is 23.7 Å². The molecule has 1 aromatic heterocycles. The number of aromatic nitrogens is 3. The van der Waals surface area contributed by atoms with Gasteiger partial charge in [0.25, 0.3) is 0 Å². The van der Waals surface area contributed by atoms with Gasteiger partial charge in [0.1, 0.15) is 19.0 Å². The highest BCUT2D eigenvalue weighted by atomic mass is 16.6. The molecule has 1 unspecified atom stereocenters. The minimum atomic E-state index is -0.600. The van der Waals surface area contributed by atoms with Crippen LogP contribution in [0.1, 0.15) is 18.5 Å². The standard InChI is InChI=1S/C19H24N4O6/c1-11-15(18(24)29-7-6-25-2)16(23-19(22-11)20-10-21-23)12-8-13(26-3)17(28-5)14(9-12)27-4/h8-10,16H,6-7H2,1-5H3,(H,20,21,22). The van der Waals surface area contributed by atoms with Gasteiger partial charge in [0.2, 0.25) is 11.7 Å². The molecule has 0 spiro atoms. The fourth-order valence-corrected chi connectivity index (χ4v) is 3.22. The largest absolute Gasteiger partial charge is 0.493 e. The zero-order chi connectivity index (χ0) is 21.0. The summed E-state index contributed by atoms with van der Waals surface area (Å²) in [4.78, 5) is 17.1. The molecule has 10 heteroatoms. The molecule has 0 fully saturated rings. The lowest BCUT2D eigenvalue weighted by atomic mass is 9.95. The number of esters is 1. The van der Waals surface area contributed by atoms with Crippen LogP contribution in [0.25, 0.3) is 0 Å². The van der Waals surface area contributed by atoms with Gasteiger partial charge in [-0.15, -0.1) is 0 Å². The van der Waals surface area contributed by atoms with Crippen LogP contribution in [0.3, 0.4) is 0 Å². The van der Waals surface area contributed by atoms with Crippen molar-refractivity contribution in [2.45, 2.75) is 13.0 Å². The summed E-state index contributed by atoms with van der Waals surface area (Å²) in [6, 6.07) is 2.95. The number of carbonyl (C=O) groups excluding carboxylic acids is 1. The molecular formula is C19H24N4O6. The predicted molar refractivity (Wildman–Crippen MR) is 103 cm³/mol. The third-order valence-corrected chi connectivity index (χ3v) is 4.54. The number of nitrogens with zero attached hydrogens (tertiary/aromatic N) is 3. The van der Waals surface area contributed by atoms with Gasteiger partial charge in [0.05, 0.1) is 33.5 Å². The molecule has 10 nitrogen and oxygen atoms in total. The van der Waals surface area contributed by atoms with E-state index in [1.165, 1.54) is 27.7 Å².